The lowest BCUT2D eigenvalue weighted by Crippen LogP contribution is -2.58. The summed E-state index contributed by atoms with van der Waals surface area (Å²) < 4.78 is 0. The van der Waals surface area contributed by atoms with Crippen LogP contribution in [0.5, 0.6) is 0 Å². The molecule has 0 aliphatic carbocycles. The van der Waals surface area contributed by atoms with Crippen LogP contribution in [0.25, 0.3) is 0 Å². The fraction of sp³-hybridized carbons (Fsp3) is 0.765. The molecule has 156 valence electrons. The number of carboxylic acids is 1. The molecule has 0 saturated heterocycles. The standard InChI is InChI=1S/C17H33N5O5/c1-9(2)13(16(25)20-11(4)17(26)27)22-15(24)12(7-5-6-8-18)21-14(23)10(3)19/h9-13H,5-8,18-19H2,1-4H3,(H,20,25)(H,21,23)(H,22,24)(H,26,27). The number of hydrogen-bond donors (Lipinski definition) is 6. The first kappa shape index (κ1) is 24.8. The summed E-state index contributed by atoms with van der Waals surface area (Å²) in [7, 11) is 0. The Morgan fingerprint density at radius 3 is 1.93 bits per heavy atom. The Hall–Kier alpha value is -2.20. The second kappa shape index (κ2) is 12.2. The number of rotatable bonds is 12. The molecule has 4 unspecified atom stereocenters. The van der Waals surface area contributed by atoms with Crippen molar-refractivity contribution in [3.05, 3.63) is 0 Å². The number of nitrogens with one attached hydrogen (secondary N) is 3. The third kappa shape index (κ3) is 9.34. The molecule has 0 radical (unpaired) electrons. The molecule has 0 aromatic rings. The van der Waals surface area contributed by atoms with Gasteiger partial charge in [-0.2, -0.15) is 0 Å². The highest BCUT2D eigenvalue weighted by Crippen LogP contribution is 2.06. The lowest BCUT2D eigenvalue weighted by molar-refractivity contribution is -0.142. The molecule has 0 fully saturated rings. The van der Waals surface area contributed by atoms with E-state index in [1.54, 1.807) is 13.8 Å². The summed E-state index contributed by atoms with van der Waals surface area (Å²) in [6, 6.07) is -3.67. The van der Waals surface area contributed by atoms with Gasteiger partial charge in [0.05, 0.1) is 6.04 Å². The molecule has 0 aromatic heterocycles. The third-order valence-electron chi connectivity index (χ3n) is 3.97. The van der Waals surface area contributed by atoms with Gasteiger partial charge in [0.2, 0.25) is 17.7 Å². The Kier molecular flexibility index (Phi) is 11.2. The highest BCUT2D eigenvalue weighted by molar-refractivity contribution is 5.94. The quantitative estimate of drug-likeness (QED) is 0.225. The van der Waals surface area contributed by atoms with Crippen LogP contribution < -0.4 is 27.4 Å². The van der Waals surface area contributed by atoms with E-state index >= 15 is 0 Å². The Morgan fingerprint density at radius 1 is 0.889 bits per heavy atom. The maximum atomic E-state index is 12.6. The lowest BCUT2D eigenvalue weighted by atomic mass is 10.0. The molecule has 4 atom stereocenters. The molecule has 8 N–H and O–H groups in total. The van der Waals surface area contributed by atoms with Gasteiger partial charge in [-0.25, -0.2) is 0 Å². The van der Waals surface area contributed by atoms with Crippen LogP contribution in [0.3, 0.4) is 0 Å². The Labute approximate surface area is 159 Å². The zero-order valence-corrected chi connectivity index (χ0v) is 16.5. The minimum atomic E-state index is -1.18. The van der Waals surface area contributed by atoms with Crippen molar-refractivity contribution in [2.45, 2.75) is 71.1 Å². The predicted molar refractivity (Wildman–Crippen MR) is 100 cm³/mol. The SMILES string of the molecule is CC(N)C(=O)NC(CCCCN)C(=O)NC(C(=O)NC(C)C(=O)O)C(C)C. The monoisotopic (exact) mass is 387 g/mol. The van der Waals surface area contributed by atoms with E-state index in [-0.39, 0.29) is 5.92 Å². The summed E-state index contributed by atoms with van der Waals surface area (Å²) in [6.07, 6.45) is 1.64. The number of hydrogen-bond acceptors (Lipinski definition) is 6. The fourth-order valence-electron chi connectivity index (χ4n) is 2.22. The van der Waals surface area contributed by atoms with Gasteiger partial charge in [-0.05, 0) is 45.6 Å². The van der Waals surface area contributed by atoms with E-state index in [0.29, 0.717) is 25.8 Å². The van der Waals surface area contributed by atoms with Gasteiger partial charge < -0.3 is 32.5 Å². The molecule has 3 amide bonds. The summed E-state index contributed by atoms with van der Waals surface area (Å²) in [5, 5.41) is 16.4. The average Bonchev–Trinajstić information content (AvgIpc) is 2.57. The molecule has 10 heteroatoms. The maximum absolute atomic E-state index is 12.6. The highest BCUT2D eigenvalue weighted by Gasteiger charge is 2.30. The average molecular weight is 387 g/mol. The van der Waals surface area contributed by atoms with Crippen molar-refractivity contribution in [3.8, 4) is 0 Å². The van der Waals surface area contributed by atoms with Gasteiger partial charge >= 0.3 is 5.97 Å². The summed E-state index contributed by atoms with van der Waals surface area (Å²) in [4.78, 5) is 47.8. The fourth-order valence-corrected chi connectivity index (χ4v) is 2.22. The van der Waals surface area contributed by atoms with Crippen molar-refractivity contribution in [3.63, 3.8) is 0 Å². The van der Waals surface area contributed by atoms with Crippen LogP contribution in [0.4, 0.5) is 0 Å². The minimum Gasteiger partial charge on any atom is -0.480 e. The van der Waals surface area contributed by atoms with E-state index in [4.69, 9.17) is 16.6 Å². The van der Waals surface area contributed by atoms with Crippen molar-refractivity contribution < 1.29 is 24.3 Å². The molecule has 0 spiro atoms. The molecule has 0 heterocycles. The van der Waals surface area contributed by atoms with Gasteiger partial charge in [-0.3, -0.25) is 19.2 Å². The largest absolute Gasteiger partial charge is 0.480 e. The zero-order valence-electron chi connectivity index (χ0n) is 16.5. The van der Waals surface area contributed by atoms with Crippen LogP contribution in [-0.4, -0.2) is 59.5 Å². The molecule has 27 heavy (non-hydrogen) atoms. The number of carbonyl (C=O) groups is 4. The lowest BCUT2D eigenvalue weighted by Gasteiger charge is -2.26. The van der Waals surface area contributed by atoms with E-state index in [9.17, 15) is 19.2 Å². The maximum Gasteiger partial charge on any atom is 0.325 e. The Morgan fingerprint density at radius 2 is 1.48 bits per heavy atom. The molecular weight excluding hydrogens is 354 g/mol. The van der Waals surface area contributed by atoms with Crippen molar-refractivity contribution in [2.24, 2.45) is 17.4 Å². The summed E-state index contributed by atoms with van der Waals surface area (Å²) in [5.74, 6) is -3.08. The van der Waals surface area contributed by atoms with Crippen LogP contribution in [-0.2, 0) is 19.2 Å². The van der Waals surface area contributed by atoms with E-state index in [1.807, 2.05) is 0 Å². The number of aliphatic carboxylic acids is 1. The number of unbranched alkanes of at least 4 members (excludes halogenated alkanes) is 1. The second-order valence-corrected chi connectivity index (χ2v) is 6.93. The van der Waals surface area contributed by atoms with Gasteiger partial charge in [-0.1, -0.05) is 13.8 Å². The summed E-state index contributed by atoms with van der Waals surface area (Å²) in [6.45, 7) is 6.74. The van der Waals surface area contributed by atoms with Crippen molar-refractivity contribution in [1.29, 1.82) is 0 Å². The number of amides is 3. The van der Waals surface area contributed by atoms with E-state index in [1.165, 1.54) is 13.8 Å². The molecule has 0 aliphatic heterocycles. The molecule has 0 saturated carbocycles. The van der Waals surface area contributed by atoms with Gasteiger partial charge in [-0.15, -0.1) is 0 Å². The van der Waals surface area contributed by atoms with E-state index in [2.05, 4.69) is 16.0 Å². The number of nitrogens with two attached hydrogens (primary N) is 2. The first-order valence-electron chi connectivity index (χ1n) is 9.10. The Bertz CT molecular complexity index is 524. The van der Waals surface area contributed by atoms with Gasteiger partial charge in [0.25, 0.3) is 0 Å². The smallest absolute Gasteiger partial charge is 0.325 e. The van der Waals surface area contributed by atoms with Crippen LogP contribution in [0.15, 0.2) is 0 Å². The van der Waals surface area contributed by atoms with Crippen LogP contribution in [0.1, 0.15) is 47.0 Å². The normalized spacial score (nSPS) is 15.4. The van der Waals surface area contributed by atoms with Crippen LogP contribution in [0, 0.1) is 5.92 Å². The molecule has 0 rings (SSSR count). The highest BCUT2D eigenvalue weighted by atomic mass is 16.4. The van der Waals surface area contributed by atoms with Gasteiger partial charge in [0, 0.05) is 0 Å². The number of carbonyl (C=O) groups excluding carboxylic acids is 3. The van der Waals surface area contributed by atoms with Crippen molar-refractivity contribution in [1.82, 2.24) is 16.0 Å². The van der Waals surface area contributed by atoms with Gasteiger partial charge in [0.15, 0.2) is 0 Å². The minimum absolute atomic E-state index is 0.288. The van der Waals surface area contributed by atoms with Gasteiger partial charge in [0.1, 0.15) is 18.1 Å². The van der Waals surface area contributed by atoms with E-state index in [0.717, 1.165) is 0 Å². The molecule has 10 nitrogen and oxygen atoms in total. The molecule has 0 aliphatic rings. The predicted octanol–water partition coefficient (Wildman–Crippen LogP) is -1.32. The molecule has 0 bridgehead atoms. The summed E-state index contributed by atoms with van der Waals surface area (Å²) >= 11 is 0. The van der Waals surface area contributed by atoms with E-state index < -0.39 is 47.9 Å². The van der Waals surface area contributed by atoms with Crippen molar-refractivity contribution >= 4 is 23.7 Å². The number of carboxylic acid groups (broad SMARTS) is 1. The van der Waals surface area contributed by atoms with Crippen LogP contribution >= 0.6 is 0 Å². The molecular formula is C17H33N5O5. The van der Waals surface area contributed by atoms with Crippen molar-refractivity contribution in [2.75, 3.05) is 6.54 Å². The topological polar surface area (TPSA) is 177 Å². The first-order chi connectivity index (χ1) is 12.5. The molecule has 0 aromatic carbocycles. The Balaban J connectivity index is 5.15. The zero-order chi connectivity index (χ0) is 21.1. The first-order valence-corrected chi connectivity index (χ1v) is 9.10. The summed E-state index contributed by atoms with van der Waals surface area (Å²) in [5.41, 5.74) is 11.0. The second-order valence-electron chi connectivity index (χ2n) is 6.93. The third-order valence-corrected chi connectivity index (χ3v) is 3.97. The van der Waals surface area contributed by atoms with Crippen LogP contribution in [0.2, 0.25) is 0 Å².